The molecule has 0 radical (unpaired) electrons. The Hall–Kier alpha value is -1.77. The van der Waals surface area contributed by atoms with Crippen molar-refractivity contribution in [2.75, 3.05) is 13.2 Å². The van der Waals surface area contributed by atoms with Gasteiger partial charge in [0, 0.05) is 0 Å². The quantitative estimate of drug-likeness (QED) is 0.751. The number of benzene rings is 1. The lowest BCUT2D eigenvalue weighted by Gasteiger charge is -2.12. The fourth-order valence-corrected chi connectivity index (χ4v) is 2.06. The molecule has 3 heteroatoms. The van der Waals surface area contributed by atoms with E-state index in [1.54, 1.807) is 6.92 Å². The van der Waals surface area contributed by atoms with Gasteiger partial charge in [-0.1, -0.05) is 30.3 Å². The van der Waals surface area contributed by atoms with Gasteiger partial charge in [-0.15, -0.1) is 0 Å². The second-order valence-electron chi connectivity index (χ2n) is 3.96. The average molecular weight is 232 g/mol. The van der Waals surface area contributed by atoms with E-state index in [1.165, 1.54) is 0 Å². The predicted molar refractivity (Wildman–Crippen MR) is 64.5 cm³/mol. The average Bonchev–Trinajstić information content (AvgIpc) is 2.73. The van der Waals surface area contributed by atoms with E-state index in [0.717, 1.165) is 5.56 Å². The van der Waals surface area contributed by atoms with Crippen LogP contribution in [-0.4, -0.2) is 19.2 Å². The van der Waals surface area contributed by atoms with E-state index in [2.05, 4.69) is 0 Å². The zero-order chi connectivity index (χ0) is 12.3. The van der Waals surface area contributed by atoms with Gasteiger partial charge in [-0.3, -0.25) is 0 Å². The molecular formula is C14H16O3. The second-order valence-corrected chi connectivity index (χ2v) is 3.96. The van der Waals surface area contributed by atoms with Gasteiger partial charge in [-0.2, -0.15) is 0 Å². The third-order valence-corrected chi connectivity index (χ3v) is 2.89. The predicted octanol–water partition coefficient (Wildman–Crippen LogP) is 2.64. The highest BCUT2D eigenvalue weighted by Crippen LogP contribution is 2.34. The number of hydrogen-bond donors (Lipinski definition) is 0. The summed E-state index contributed by atoms with van der Waals surface area (Å²) in [5, 5.41) is 0. The Morgan fingerprint density at radius 2 is 2.12 bits per heavy atom. The summed E-state index contributed by atoms with van der Waals surface area (Å²) in [5.41, 5.74) is 1.74. The molecule has 2 rings (SSSR count). The first-order valence-electron chi connectivity index (χ1n) is 5.79. The summed E-state index contributed by atoms with van der Waals surface area (Å²) in [6, 6.07) is 9.90. The molecule has 0 amide bonds. The van der Waals surface area contributed by atoms with Gasteiger partial charge in [0.05, 0.1) is 24.7 Å². The highest BCUT2D eigenvalue weighted by molar-refractivity contribution is 5.91. The number of carbonyl (C=O) groups is 1. The Bertz CT molecular complexity index is 434. The number of ether oxygens (including phenoxy) is 2. The maximum absolute atomic E-state index is 11.9. The molecule has 0 fully saturated rings. The number of allylic oxidation sites excluding steroid dienone is 1. The summed E-state index contributed by atoms with van der Waals surface area (Å²) in [5.74, 6) is 0.406. The highest BCUT2D eigenvalue weighted by Gasteiger charge is 2.32. The summed E-state index contributed by atoms with van der Waals surface area (Å²) >= 11 is 0. The van der Waals surface area contributed by atoms with Crippen LogP contribution in [0.1, 0.15) is 25.3 Å². The molecule has 0 N–H and O–H groups in total. The molecule has 0 saturated carbocycles. The summed E-state index contributed by atoms with van der Waals surface area (Å²) in [4.78, 5) is 11.9. The van der Waals surface area contributed by atoms with Crippen LogP contribution in [0, 0.1) is 0 Å². The third kappa shape index (κ3) is 2.33. The Morgan fingerprint density at radius 1 is 1.41 bits per heavy atom. The fourth-order valence-electron chi connectivity index (χ4n) is 2.06. The van der Waals surface area contributed by atoms with Crippen molar-refractivity contribution in [3.05, 3.63) is 47.2 Å². The smallest absolute Gasteiger partial charge is 0.338 e. The van der Waals surface area contributed by atoms with Crippen LogP contribution in [0.15, 0.2) is 41.7 Å². The first kappa shape index (κ1) is 11.7. The van der Waals surface area contributed by atoms with Gasteiger partial charge in [-0.25, -0.2) is 4.79 Å². The van der Waals surface area contributed by atoms with Gasteiger partial charge in [0.2, 0.25) is 0 Å². The van der Waals surface area contributed by atoms with Crippen LogP contribution in [0.25, 0.3) is 0 Å². The van der Waals surface area contributed by atoms with E-state index in [-0.39, 0.29) is 11.9 Å². The van der Waals surface area contributed by atoms with E-state index < -0.39 is 0 Å². The second kappa shape index (κ2) is 5.04. The largest absolute Gasteiger partial charge is 0.497 e. The van der Waals surface area contributed by atoms with E-state index >= 15 is 0 Å². The number of rotatable bonds is 3. The molecule has 3 nitrogen and oxygen atoms in total. The zero-order valence-corrected chi connectivity index (χ0v) is 10.1. The van der Waals surface area contributed by atoms with Crippen LogP contribution in [0.5, 0.6) is 0 Å². The highest BCUT2D eigenvalue weighted by atomic mass is 16.5. The molecule has 0 aliphatic carbocycles. The van der Waals surface area contributed by atoms with Crippen molar-refractivity contribution in [2.24, 2.45) is 0 Å². The van der Waals surface area contributed by atoms with Crippen molar-refractivity contribution in [3.63, 3.8) is 0 Å². The molecule has 1 aromatic carbocycles. The van der Waals surface area contributed by atoms with Crippen molar-refractivity contribution in [2.45, 2.75) is 19.8 Å². The number of carbonyl (C=O) groups excluding carboxylic acids is 1. The van der Waals surface area contributed by atoms with E-state index in [1.807, 2.05) is 37.3 Å². The van der Waals surface area contributed by atoms with Gasteiger partial charge >= 0.3 is 5.97 Å². The topological polar surface area (TPSA) is 35.5 Å². The van der Waals surface area contributed by atoms with Crippen LogP contribution < -0.4 is 0 Å². The first-order chi connectivity index (χ1) is 8.24. The van der Waals surface area contributed by atoms with Crippen molar-refractivity contribution >= 4 is 5.97 Å². The lowest BCUT2D eigenvalue weighted by atomic mass is 9.93. The molecule has 1 aliphatic rings. The summed E-state index contributed by atoms with van der Waals surface area (Å²) in [6.45, 7) is 4.53. The number of hydrogen-bond acceptors (Lipinski definition) is 3. The van der Waals surface area contributed by atoms with Crippen molar-refractivity contribution in [1.82, 2.24) is 0 Å². The Labute approximate surface area is 101 Å². The van der Waals surface area contributed by atoms with Crippen molar-refractivity contribution in [1.29, 1.82) is 0 Å². The Morgan fingerprint density at radius 3 is 2.76 bits per heavy atom. The lowest BCUT2D eigenvalue weighted by Crippen LogP contribution is -2.14. The van der Waals surface area contributed by atoms with Crippen LogP contribution in [0.4, 0.5) is 0 Å². The minimum Gasteiger partial charge on any atom is -0.497 e. The van der Waals surface area contributed by atoms with Gasteiger partial charge < -0.3 is 9.47 Å². The van der Waals surface area contributed by atoms with Crippen molar-refractivity contribution < 1.29 is 14.3 Å². The van der Waals surface area contributed by atoms with Crippen LogP contribution in [0.2, 0.25) is 0 Å². The number of esters is 1. The summed E-state index contributed by atoms with van der Waals surface area (Å²) < 4.78 is 10.5. The maximum atomic E-state index is 11.9. The standard InChI is InChI=1S/C14H16O3/c1-3-16-14(15)13-10(2)17-9-12(13)11-7-5-4-6-8-11/h4-8,12H,3,9H2,1-2H3. The molecule has 1 atom stereocenters. The molecule has 1 heterocycles. The van der Waals surface area contributed by atoms with Gasteiger partial charge in [0.15, 0.2) is 0 Å². The molecule has 1 aromatic rings. The minimum absolute atomic E-state index is 0.00440. The molecule has 0 bridgehead atoms. The van der Waals surface area contributed by atoms with Gasteiger partial charge in [-0.05, 0) is 19.4 Å². The minimum atomic E-state index is -0.267. The molecule has 0 saturated heterocycles. The zero-order valence-electron chi connectivity index (χ0n) is 10.1. The SMILES string of the molecule is CCOC(=O)C1=C(C)OCC1c1ccccc1. The molecule has 0 aromatic heterocycles. The third-order valence-electron chi connectivity index (χ3n) is 2.89. The van der Waals surface area contributed by atoms with Gasteiger partial charge in [0.25, 0.3) is 0 Å². The summed E-state index contributed by atoms with van der Waals surface area (Å²) in [7, 11) is 0. The maximum Gasteiger partial charge on any atom is 0.338 e. The molecule has 90 valence electrons. The Balaban J connectivity index is 2.28. The normalized spacial score (nSPS) is 19.1. The van der Waals surface area contributed by atoms with Crippen molar-refractivity contribution in [3.8, 4) is 0 Å². The summed E-state index contributed by atoms with van der Waals surface area (Å²) in [6.07, 6.45) is 0. The monoisotopic (exact) mass is 232 g/mol. The molecular weight excluding hydrogens is 216 g/mol. The molecule has 1 aliphatic heterocycles. The Kier molecular flexibility index (Phi) is 3.47. The molecule has 0 spiro atoms. The van der Waals surface area contributed by atoms with E-state index in [9.17, 15) is 4.79 Å². The molecule has 1 unspecified atom stereocenters. The van der Waals surface area contributed by atoms with Crippen LogP contribution in [0.3, 0.4) is 0 Å². The van der Waals surface area contributed by atoms with Crippen LogP contribution >= 0.6 is 0 Å². The molecule has 17 heavy (non-hydrogen) atoms. The first-order valence-corrected chi connectivity index (χ1v) is 5.79. The van der Waals surface area contributed by atoms with Gasteiger partial charge in [0.1, 0.15) is 5.76 Å². The van der Waals surface area contributed by atoms with E-state index in [0.29, 0.717) is 24.5 Å². The fraction of sp³-hybridized carbons (Fsp3) is 0.357. The van der Waals surface area contributed by atoms with Crippen LogP contribution in [-0.2, 0) is 14.3 Å². The lowest BCUT2D eigenvalue weighted by molar-refractivity contribution is -0.138. The van der Waals surface area contributed by atoms with E-state index in [4.69, 9.17) is 9.47 Å².